The topological polar surface area (TPSA) is 48.1 Å². The molecular weight excluding hydrogens is 250 g/mol. The van der Waals surface area contributed by atoms with Crippen LogP contribution in [-0.2, 0) is 6.42 Å². The average Bonchev–Trinajstić information content (AvgIpc) is 2.37. The third-order valence-electron chi connectivity index (χ3n) is 2.68. The van der Waals surface area contributed by atoms with E-state index in [-0.39, 0.29) is 11.4 Å². The third-order valence-corrected chi connectivity index (χ3v) is 2.68. The van der Waals surface area contributed by atoms with E-state index in [4.69, 9.17) is 10.5 Å². The first-order valence-corrected chi connectivity index (χ1v) is 5.90. The predicted octanol–water partition coefficient (Wildman–Crippen LogP) is 3.61. The third kappa shape index (κ3) is 2.81. The lowest BCUT2D eigenvalue weighted by Crippen LogP contribution is -2.00. The zero-order valence-electron chi connectivity index (χ0n) is 10.7. The molecule has 2 rings (SSSR count). The molecular formula is C14H14F2N2O. The van der Waals surface area contributed by atoms with Gasteiger partial charge in [-0.05, 0) is 25.5 Å². The van der Waals surface area contributed by atoms with Crippen LogP contribution in [0.25, 0.3) is 0 Å². The fraction of sp³-hybridized carbons (Fsp3) is 0.214. The molecule has 2 aromatic rings. The number of halogens is 2. The number of hydrogen-bond donors (Lipinski definition) is 1. The number of pyridine rings is 1. The standard InChI is InChI=1S/C14H14F2N2O/c1-3-11-12(5-4-8(2)18-11)19-13-7-9(15)6-10(16)14(13)17/h4-7H,3,17H2,1-2H3. The van der Waals surface area contributed by atoms with Gasteiger partial charge in [-0.25, -0.2) is 8.78 Å². The molecule has 0 saturated carbocycles. The maximum absolute atomic E-state index is 13.3. The van der Waals surface area contributed by atoms with E-state index in [1.165, 1.54) is 0 Å². The van der Waals surface area contributed by atoms with E-state index >= 15 is 0 Å². The van der Waals surface area contributed by atoms with Gasteiger partial charge < -0.3 is 10.5 Å². The summed E-state index contributed by atoms with van der Waals surface area (Å²) in [7, 11) is 0. The monoisotopic (exact) mass is 264 g/mol. The van der Waals surface area contributed by atoms with Crippen molar-refractivity contribution in [1.29, 1.82) is 0 Å². The highest BCUT2D eigenvalue weighted by atomic mass is 19.1. The number of benzene rings is 1. The molecule has 0 unspecified atom stereocenters. The smallest absolute Gasteiger partial charge is 0.156 e. The van der Waals surface area contributed by atoms with Crippen LogP contribution in [0, 0.1) is 18.6 Å². The van der Waals surface area contributed by atoms with E-state index in [1.54, 1.807) is 12.1 Å². The molecule has 0 aliphatic rings. The van der Waals surface area contributed by atoms with Gasteiger partial charge in [0.2, 0.25) is 0 Å². The van der Waals surface area contributed by atoms with Crippen molar-refractivity contribution in [3.05, 3.63) is 47.3 Å². The minimum Gasteiger partial charge on any atom is -0.453 e. The summed E-state index contributed by atoms with van der Waals surface area (Å²) in [5, 5.41) is 0. The predicted molar refractivity (Wildman–Crippen MR) is 69.2 cm³/mol. The minimum atomic E-state index is -0.840. The maximum Gasteiger partial charge on any atom is 0.156 e. The van der Waals surface area contributed by atoms with Crippen LogP contribution in [-0.4, -0.2) is 4.98 Å². The summed E-state index contributed by atoms with van der Waals surface area (Å²) >= 11 is 0. The van der Waals surface area contributed by atoms with E-state index in [2.05, 4.69) is 4.98 Å². The second kappa shape index (κ2) is 5.22. The summed E-state index contributed by atoms with van der Waals surface area (Å²) in [6.07, 6.45) is 0.648. The Kier molecular flexibility index (Phi) is 3.64. The molecule has 19 heavy (non-hydrogen) atoms. The largest absolute Gasteiger partial charge is 0.453 e. The molecule has 0 spiro atoms. The van der Waals surface area contributed by atoms with Crippen LogP contribution in [0.5, 0.6) is 11.5 Å². The highest BCUT2D eigenvalue weighted by molar-refractivity contribution is 5.55. The Balaban J connectivity index is 2.41. The Morgan fingerprint density at radius 2 is 1.95 bits per heavy atom. The summed E-state index contributed by atoms with van der Waals surface area (Å²) in [5.74, 6) is -1.17. The van der Waals surface area contributed by atoms with Crippen LogP contribution in [0.2, 0.25) is 0 Å². The van der Waals surface area contributed by atoms with Crippen molar-refractivity contribution in [2.75, 3.05) is 5.73 Å². The number of aryl methyl sites for hydroxylation is 2. The Bertz CT molecular complexity index is 615. The summed E-state index contributed by atoms with van der Waals surface area (Å²) in [6.45, 7) is 3.78. The summed E-state index contributed by atoms with van der Waals surface area (Å²) in [6, 6.07) is 5.25. The molecule has 0 aliphatic carbocycles. The number of hydrogen-bond acceptors (Lipinski definition) is 3. The Morgan fingerprint density at radius 3 is 2.63 bits per heavy atom. The molecule has 2 N–H and O–H groups in total. The van der Waals surface area contributed by atoms with Crippen molar-refractivity contribution in [3.8, 4) is 11.5 Å². The second-order valence-electron chi connectivity index (χ2n) is 4.15. The molecule has 1 heterocycles. The molecule has 0 saturated heterocycles. The molecule has 0 bridgehead atoms. The van der Waals surface area contributed by atoms with Crippen molar-refractivity contribution >= 4 is 5.69 Å². The molecule has 5 heteroatoms. The highest BCUT2D eigenvalue weighted by Gasteiger charge is 2.12. The van der Waals surface area contributed by atoms with Gasteiger partial charge in [0.25, 0.3) is 0 Å². The SMILES string of the molecule is CCc1nc(C)ccc1Oc1cc(F)cc(F)c1N. The Morgan fingerprint density at radius 1 is 1.21 bits per heavy atom. The second-order valence-corrected chi connectivity index (χ2v) is 4.15. The molecule has 0 radical (unpaired) electrons. The van der Waals surface area contributed by atoms with Gasteiger partial charge in [0.1, 0.15) is 17.3 Å². The highest BCUT2D eigenvalue weighted by Crippen LogP contribution is 2.32. The minimum absolute atomic E-state index is 0.0437. The van der Waals surface area contributed by atoms with Crippen LogP contribution < -0.4 is 10.5 Å². The lowest BCUT2D eigenvalue weighted by Gasteiger charge is -2.12. The number of nitrogen functional groups attached to an aromatic ring is 1. The van der Waals surface area contributed by atoms with Gasteiger partial charge in [0.15, 0.2) is 11.6 Å². The Hall–Kier alpha value is -2.17. The number of aromatic nitrogens is 1. The van der Waals surface area contributed by atoms with E-state index in [1.807, 2.05) is 13.8 Å². The number of ether oxygens (including phenoxy) is 1. The normalized spacial score (nSPS) is 10.5. The Labute approximate surface area is 110 Å². The van der Waals surface area contributed by atoms with Gasteiger partial charge in [-0.2, -0.15) is 0 Å². The van der Waals surface area contributed by atoms with E-state index in [9.17, 15) is 8.78 Å². The molecule has 3 nitrogen and oxygen atoms in total. The van der Waals surface area contributed by atoms with Crippen molar-refractivity contribution < 1.29 is 13.5 Å². The van der Waals surface area contributed by atoms with Gasteiger partial charge >= 0.3 is 0 Å². The fourth-order valence-electron chi connectivity index (χ4n) is 1.71. The first kappa shape index (κ1) is 13.3. The first-order chi connectivity index (χ1) is 9.01. The van der Waals surface area contributed by atoms with Crippen molar-refractivity contribution in [3.63, 3.8) is 0 Å². The molecule has 0 amide bonds. The van der Waals surface area contributed by atoms with Gasteiger partial charge in [0.05, 0.1) is 5.69 Å². The van der Waals surface area contributed by atoms with Crippen LogP contribution in [0.1, 0.15) is 18.3 Å². The molecule has 0 atom stereocenters. The lowest BCUT2D eigenvalue weighted by atomic mass is 10.2. The zero-order valence-corrected chi connectivity index (χ0v) is 10.7. The number of nitrogens with two attached hydrogens (primary N) is 1. The van der Waals surface area contributed by atoms with Gasteiger partial charge in [-0.3, -0.25) is 4.98 Å². The van der Waals surface area contributed by atoms with Crippen LogP contribution in [0.3, 0.4) is 0 Å². The fourth-order valence-corrected chi connectivity index (χ4v) is 1.71. The maximum atomic E-state index is 13.3. The van der Waals surface area contributed by atoms with E-state index in [0.29, 0.717) is 17.9 Å². The van der Waals surface area contributed by atoms with Crippen molar-refractivity contribution in [2.45, 2.75) is 20.3 Å². The molecule has 0 aliphatic heterocycles. The number of rotatable bonds is 3. The number of nitrogens with zero attached hydrogens (tertiary/aromatic N) is 1. The van der Waals surface area contributed by atoms with Crippen molar-refractivity contribution in [1.82, 2.24) is 4.98 Å². The van der Waals surface area contributed by atoms with Gasteiger partial charge in [-0.1, -0.05) is 6.92 Å². The van der Waals surface area contributed by atoms with Crippen molar-refractivity contribution in [2.24, 2.45) is 0 Å². The molecule has 1 aromatic carbocycles. The van der Waals surface area contributed by atoms with E-state index < -0.39 is 11.6 Å². The summed E-state index contributed by atoms with van der Waals surface area (Å²) in [5.41, 5.74) is 6.88. The van der Waals surface area contributed by atoms with Crippen LogP contribution in [0.15, 0.2) is 24.3 Å². The quantitative estimate of drug-likeness (QED) is 0.861. The molecule has 1 aromatic heterocycles. The lowest BCUT2D eigenvalue weighted by molar-refractivity contribution is 0.463. The molecule has 100 valence electrons. The summed E-state index contributed by atoms with van der Waals surface area (Å²) < 4.78 is 32.0. The number of anilines is 1. The van der Waals surface area contributed by atoms with Crippen LogP contribution in [0.4, 0.5) is 14.5 Å². The van der Waals surface area contributed by atoms with Crippen LogP contribution >= 0.6 is 0 Å². The molecule has 0 fully saturated rings. The zero-order chi connectivity index (χ0) is 14.0. The average molecular weight is 264 g/mol. The van der Waals surface area contributed by atoms with Gasteiger partial charge in [0, 0.05) is 17.8 Å². The summed E-state index contributed by atoms with van der Waals surface area (Å²) in [4.78, 5) is 4.31. The van der Waals surface area contributed by atoms with E-state index in [0.717, 1.165) is 17.8 Å². The first-order valence-electron chi connectivity index (χ1n) is 5.90. The van der Waals surface area contributed by atoms with Gasteiger partial charge in [-0.15, -0.1) is 0 Å².